The molecule has 0 radical (unpaired) electrons. The lowest BCUT2D eigenvalue weighted by molar-refractivity contribution is -0.394. The molecule has 6 aliphatic rings. The van der Waals surface area contributed by atoms with Gasteiger partial charge in [-0.1, -0.05) is 0 Å². The van der Waals surface area contributed by atoms with E-state index in [0.29, 0.717) is 0 Å². The van der Waals surface area contributed by atoms with Crippen molar-refractivity contribution >= 4 is 11.8 Å². The molecule has 418 valence electrons. The second-order valence-corrected chi connectivity index (χ2v) is 18.2. The first-order valence-electron chi connectivity index (χ1n) is 23.0. The predicted octanol–water partition coefficient (Wildman–Crippen LogP) is -12.8. The summed E-state index contributed by atoms with van der Waals surface area (Å²) in [4.78, 5) is 24.7. The molecule has 1 unspecified atom stereocenters. The Morgan fingerprint density at radius 2 is 0.736 bits per heavy atom. The molecule has 2 amide bonds. The van der Waals surface area contributed by atoms with Crippen LogP contribution in [0.2, 0.25) is 0 Å². The molecular weight excluding hydrogens is 988 g/mol. The lowest BCUT2D eigenvalue weighted by Crippen LogP contribution is -2.71. The summed E-state index contributed by atoms with van der Waals surface area (Å²) in [6.45, 7) is -1.50. The molecule has 0 bridgehead atoms. The van der Waals surface area contributed by atoms with Crippen LogP contribution in [0.25, 0.3) is 0 Å². The number of amides is 2. The van der Waals surface area contributed by atoms with Gasteiger partial charge in [0.05, 0.1) is 39.1 Å². The molecule has 6 heterocycles. The number of aliphatic hydroxyl groups excluding tert-OH is 17. The van der Waals surface area contributed by atoms with Gasteiger partial charge in [-0.25, -0.2) is 0 Å². The Balaban J connectivity index is 1.25. The van der Waals surface area contributed by atoms with E-state index in [4.69, 9.17) is 52.1 Å². The van der Waals surface area contributed by atoms with E-state index in [0.717, 1.165) is 13.8 Å². The molecule has 0 saturated carbocycles. The molecule has 72 heavy (non-hydrogen) atoms. The summed E-state index contributed by atoms with van der Waals surface area (Å²) in [6.07, 6.45) is -52.4. The van der Waals surface area contributed by atoms with Crippen LogP contribution >= 0.6 is 0 Å². The summed E-state index contributed by atoms with van der Waals surface area (Å²) in [5.74, 6) is -1.57. The van der Waals surface area contributed by atoms with Crippen molar-refractivity contribution in [3.8, 4) is 0 Å². The fourth-order valence-corrected chi connectivity index (χ4v) is 9.26. The van der Waals surface area contributed by atoms with Crippen molar-refractivity contribution in [2.75, 3.05) is 33.0 Å². The van der Waals surface area contributed by atoms with Crippen LogP contribution in [0.3, 0.4) is 0 Å². The zero-order chi connectivity index (χ0) is 53.2. The van der Waals surface area contributed by atoms with Crippen molar-refractivity contribution in [2.24, 2.45) is 0 Å². The van der Waals surface area contributed by atoms with E-state index in [9.17, 15) is 96.4 Å². The monoisotopic (exact) mass is 1060 g/mol. The highest BCUT2D eigenvalue weighted by Gasteiger charge is 2.58. The zero-order valence-corrected chi connectivity index (χ0v) is 38.8. The molecule has 6 rings (SSSR count). The third-order valence-corrected chi connectivity index (χ3v) is 13.2. The summed E-state index contributed by atoms with van der Waals surface area (Å²) < 4.78 is 63.5. The fourth-order valence-electron chi connectivity index (χ4n) is 9.26. The van der Waals surface area contributed by atoms with E-state index < -0.39 is 229 Å². The lowest BCUT2D eigenvalue weighted by Gasteiger charge is -2.51. The number of aliphatic hydroxyl groups is 17. The van der Waals surface area contributed by atoms with Gasteiger partial charge >= 0.3 is 0 Å². The molecule has 30 atom stereocenters. The fraction of sp³-hybridized carbons (Fsp3) is 0.950. The SMILES string of the molecule is CC(=O)N[C@H]1[C@H](O[C@H]2[C@H](O)[C@H](O)[C@@H](O[C@@H]3[C@H](O)[C@H](O[C@H]4[C@H](O)[C@@H](NC(C)=O)C(O)O[C@@H]4CO)O[C@H](CO)[C@H]3O)O[C@@H]2CO)O[C@H](CO)[C@@H](O[C@@H]2O[C@H](CO)[C@H](O)[C@H](O)[C@H]2O)[C@@H]1O[C@@H]1O[C@@H](C)[C@@H](O)[C@@H](O)[C@@H]1O. The Kier molecular flexibility index (Phi) is 20.8. The van der Waals surface area contributed by atoms with E-state index in [1.54, 1.807) is 0 Å². The van der Waals surface area contributed by atoms with E-state index in [1.165, 1.54) is 6.92 Å². The van der Waals surface area contributed by atoms with Gasteiger partial charge in [0.25, 0.3) is 0 Å². The molecule has 0 aliphatic carbocycles. The van der Waals surface area contributed by atoms with Crippen LogP contribution in [0.5, 0.6) is 0 Å². The maximum absolute atomic E-state index is 12.9. The van der Waals surface area contributed by atoms with Crippen molar-refractivity contribution < 1.29 is 149 Å². The lowest BCUT2D eigenvalue weighted by atomic mass is 9.93. The maximum Gasteiger partial charge on any atom is 0.217 e. The predicted molar refractivity (Wildman–Crippen MR) is 221 cm³/mol. The summed E-state index contributed by atoms with van der Waals surface area (Å²) in [5.41, 5.74) is 0. The van der Waals surface area contributed by atoms with E-state index in [2.05, 4.69) is 10.6 Å². The molecular formula is C40H68N2O30. The Bertz CT molecular complexity index is 1730. The van der Waals surface area contributed by atoms with E-state index in [1.807, 2.05) is 0 Å². The highest BCUT2D eigenvalue weighted by atomic mass is 16.8. The minimum absolute atomic E-state index is 0.709. The average molecular weight is 1060 g/mol. The molecule has 6 fully saturated rings. The summed E-state index contributed by atoms with van der Waals surface area (Å²) >= 11 is 0. The van der Waals surface area contributed by atoms with Gasteiger partial charge in [0.15, 0.2) is 37.7 Å². The first-order chi connectivity index (χ1) is 34.0. The zero-order valence-electron chi connectivity index (χ0n) is 38.8. The van der Waals surface area contributed by atoms with Crippen LogP contribution in [0, 0.1) is 0 Å². The minimum atomic E-state index is -2.26. The third kappa shape index (κ3) is 12.5. The normalized spacial score (nSPS) is 50.3. The number of carbonyl (C=O) groups excluding carboxylic acids is 2. The van der Waals surface area contributed by atoms with Crippen LogP contribution in [-0.2, 0) is 61.7 Å². The van der Waals surface area contributed by atoms with Crippen molar-refractivity contribution in [3.05, 3.63) is 0 Å². The van der Waals surface area contributed by atoms with Crippen LogP contribution in [0.15, 0.2) is 0 Å². The third-order valence-electron chi connectivity index (χ3n) is 13.2. The van der Waals surface area contributed by atoms with Crippen LogP contribution < -0.4 is 10.6 Å². The van der Waals surface area contributed by atoms with Gasteiger partial charge in [-0.05, 0) is 6.92 Å². The number of nitrogens with one attached hydrogen (secondary N) is 2. The van der Waals surface area contributed by atoms with E-state index in [-0.39, 0.29) is 0 Å². The first kappa shape index (κ1) is 59.1. The van der Waals surface area contributed by atoms with Crippen molar-refractivity contribution in [2.45, 2.75) is 205 Å². The van der Waals surface area contributed by atoms with Gasteiger partial charge in [-0.3, -0.25) is 9.59 Å². The number of ether oxygens (including phenoxy) is 11. The molecule has 32 nitrogen and oxygen atoms in total. The molecule has 0 aromatic carbocycles. The molecule has 0 aromatic heterocycles. The molecule has 0 spiro atoms. The first-order valence-corrected chi connectivity index (χ1v) is 23.0. The molecule has 32 heteroatoms. The second-order valence-electron chi connectivity index (χ2n) is 18.2. The highest BCUT2D eigenvalue weighted by molar-refractivity contribution is 5.73. The summed E-state index contributed by atoms with van der Waals surface area (Å²) in [5, 5.41) is 187. The molecule has 19 N–H and O–H groups in total. The van der Waals surface area contributed by atoms with Crippen LogP contribution in [0.1, 0.15) is 20.8 Å². The van der Waals surface area contributed by atoms with Crippen molar-refractivity contribution in [1.82, 2.24) is 10.6 Å². The van der Waals surface area contributed by atoms with E-state index >= 15 is 0 Å². The number of hydrogen-bond donors (Lipinski definition) is 19. The van der Waals surface area contributed by atoms with Gasteiger partial charge in [0, 0.05) is 13.8 Å². The topological polar surface area (TPSA) is 504 Å². The summed E-state index contributed by atoms with van der Waals surface area (Å²) in [6, 6.07) is -3.30. The summed E-state index contributed by atoms with van der Waals surface area (Å²) in [7, 11) is 0. The van der Waals surface area contributed by atoms with Gasteiger partial charge in [0.1, 0.15) is 140 Å². The highest BCUT2D eigenvalue weighted by Crippen LogP contribution is 2.37. The van der Waals surface area contributed by atoms with Gasteiger partial charge in [0.2, 0.25) is 11.8 Å². The van der Waals surface area contributed by atoms with Gasteiger partial charge < -0.3 is 150 Å². The van der Waals surface area contributed by atoms with Crippen LogP contribution in [-0.4, -0.2) is 316 Å². The number of carbonyl (C=O) groups is 2. The van der Waals surface area contributed by atoms with Crippen LogP contribution in [0.4, 0.5) is 0 Å². The Hall–Kier alpha value is -2.18. The standard InChI is InChI=1S/C40H68N2O30/c1-9-19(50)23(54)26(57)37(62-9)71-33-18(42-11(3)49)36(66-16(8-47)32(33)70-38-27(58)24(55)20(51)12(4-43)64-38)68-31-15(7-46)67-39(28(59)25(31)56)72-34-21(52)13(5-44)65-40(29(34)60)69-30-14(6-45)63-35(61)17(22(30)53)41-10(2)48/h9,12-40,43-47,50-61H,4-8H2,1-3H3,(H,41,48)(H,42,49)/t9-,12+,13+,14+,15+,16+,17+,18+,19+,20-,21+,22+,23+,24-,25+,26-,27+,28-,29-,30+,31+,32+,33+,34-,35?,36-,37-,38-,39+,40-/m0/s1. The average Bonchev–Trinajstić information content (AvgIpc) is 3.34. The molecule has 6 saturated heterocycles. The number of hydrogen-bond acceptors (Lipinski definition) is 30. The molecule has 0 aromatic rings. The Morgan fingerprint density at radius 1 is 0.361 bits per heavy atom. The smallest absolute Gasteiger partial charge is 0.217 e. The van der Waals surface area contributed by atoms with Crippen molar-refractivity contribution in [1.29, 1.82) is 0 Å². The Morgan fingerprint density at radius 3 is 1.29 bits per heavy atom. The van der Waals surface area contributed by atoms with Gasteiger partial charge in [-0.2, -0.15) is 0 Å². The quantitative estimate of drug-likeness (QED) is 0.0643. The van der Waals surface area contributed by atoms with Crippen molar-refractivity contribution in [3.63, 3.8) is 0 Å². The molecule has 6 aliphatic heterocycles. The Labute approximate surface area is 408 Å². The second kappa shape index (κ2) is 25.3. The number of rotatable bonds is 17. The maximum atomic E-state index is 12.9. The largest absolute Gasteiger partial charge is 0.394 e. The minimum Gasteiger partial charge on any atom is -0.394 e. The van der Waals surface area contributed by atoms with Gasteiger partial charge in [-0.15, -0.1) is 0 Å².